The second-order valence-corrected chi connectivity index (χ2v) is 3.77. The Morgan fingerprint density at radius 1 is 1.53 bits per heavy atom. The zero-order valence-electron chi connectivity index (χ0n) is 9.72. The van der Waals surface area contributed by atoms with E-state index in [1.807, 2.05) is 25.1 Å². The van der Waals surface area contributed by atoms with Gasteiger partial charge in [-0.2, -0.15) is 0 Å². The number of nitrogens with one attached hydrogen (secondary N) is 1. The fourth-order valence-electron chi connectivity index (χ4n) is 1.26. The maximum absolute atomic E-state index is 11.4. The van der Waals surface area contributed by atoms with Gasteiger partial charge in [-0.3, -0.25) is 4.79 Å². The van der Waals surface area contributed by atoms with E-state index in [-0.39, 0.29) is 25.7 Å². The topological polar surface area (TPSA) is 78.8 Å². The minimum atomic E-state index is -0.943. The van der Waals surface area contributed by atoms with Crippen LogP contribution in [-0.2, 0) is 9.53 Å². The van der Waals surface area contributed by atoms with Crippen molar-refractivity contribution in [3.63, 3.8) is 0 Å². The molecule has 1 rings (SSSR count). The number of carbonyl (C=O) groups excluding carboxylic acids is 1. The van der Waals surface area contributed by atoms with Crippen LogP contribution in [0, 0.1) is 6.92 Å². The van der Waals surface area contributed by atoms with Gasteiger partial charge in [0.2, 0.25) is 5.91 Å². The van der Waals surface area contributed by atoms with E-state index in [0.717, 1.165) is 5.56 Å². The van der Waals surface area contributed by atoms with Crippen LogP contribution >= 0.6 is 0 Å². The van der Waals surface area contributed by atoms with Gasteiger partial charge < -0.3 is 20.3 Å². The minimum Gasteiger partial charge on any atom is -0.394 e. The van der Waals surface area contributed by atoms with E-state index in [9.17, 15) is 4.79 Å². The van der Waals surface area contributed by atoms with E-state index < -0.39 is 6.10 Å². The second-order valence-electron chi connectivity index (χ2n) is 3.77. The lowest BCUT2D eigenvalue weighted by molar-refractivity contribution is -0.121. The lowest BCUT2D eigenvalue weighted by Crippen LogP contribution is -2.24. The molecule has 0 aliphatic heterocycles. The van der Waals surface area contributed by atoms with Gasteiger partial charge in [0.05, 0.1) is 13.2 Å². The molecule has 5 nitrogen and oxygen atoms in total. The van der Waals surface area contributed by atoms with Crippen molar-refractivity contribution < 1.29 is 19.7 Å². The summed E-state index contributed by atoms with van der Waals surface area (Å²) in [6.07, 6.45) is -0.943. The van der Waals surface area contributed by atoms with Crippen LogP contribution in [0.25, 0.3) is 0 Å². The van der Waals surface area contributed by atoms with E-state index in [4.69, 9.17) is 14.9 Å². The normalized spacial score (nSPS) is 12.2. The first-order valence-corrected chi connectivity index (χ1v) is 5.35. The molecular formula is C12H17NO4. The van der Waals surface area contributed by atoms with Crippen molar-refractivity contribution >= 4 is 11.6 Å². The number of anilines is 1. The second kappa shape index (κ2) is 7.01. The molecule has 0 spiro atoms. The molecule has 17 heavy (non-hydrogen) atoms. The Kier molecular flexibility index (Phi) is 5.62. The highest BCUT2D eigenvalue weighted by Crippen LogP contribution is 2.09. The Labute approximate surface area is 100 Å². The summed E-state index contributed by atoms with van der Waals surface area (Å²) >= 11 is 0. The highest BCUT2D eigenvalue weighted by molar-refractivity contribution is 5.91. The number of benzene rings is 1. The number of aliphatic hydroxyl groups is 2. The summed E-state index contributed by atoms with van der Waals surface area (Å²) in [7, 11) is 0. The van der Waals surface area contributed by atoms with Gasteiger partial charge in [-0.15, -0.1) is 0 Å². The Morgan fingerprint density at radius 3 is 2.94 bits per heavy atom. The summed E-state index contributed by atoms with van der Waals surface area (Å²) in [5, 5.41) is 20.2. The molecule has 1 aromatic rings. The molecule has 1 atom stereocenters. The number of aliphatic hydroxyl groups excluding tert-OH is 2. The Balaban J connectivity index is 2.30. The molecule has 5 heteroatoms. The van der Waals surface area contributed by atoms with Crippen LogP contribution < -0.4 is 5.32 Å². The highest BCUT2D eigenvalue weighted by Gasteiger charge is 2.05. The zero-order chi connectivity index (χ0) is 12.7. The van der Waals surface area contributed by atoms with Crippen molar-refractivity contribution in [1.82, 2.24) is 0 Å². The van der Waals surface area contributed by atoms with E-state index in [2.05, 4.69) is 5.32 Å². The van der Waals surface area contributed by atoms with Crippen molar-refractivity contribution in [3.8, 4) is 0 Å². The molecule has 0 saturated carbocycles. The fourth-order valence-corrected chi connectivity index (χ4v) is 1.26. The average Bonchev–Trinajstić information content (AvgIpc) is 2.28. The molecule has 94 valence electrons. The summed E-state index contributed by atoms with van der Waals surface area (Å²) in [6, 6.07) is 7.42. The summed E-state index contributed by atoms with van der Waals surface area (Å²) in [4.78, 5) is 11.4. The maximum atomic E-state index is 11.4. The van der Waals surface area contributed by atoms with Crippen LogP contribution in [-0.4, -0.2) is 42.0 Å². The molecule has 0 fully saturated rings. The van der Waals surface area contributed by atoms with Crippen molar-refractivity contribution in [3.05, 3.63) is 29.8 Å². The molecule has 3 N–H and O–H groups in total. The minimum absolute atomic E-state index is 0.0578. The molecule has 0 aliphatic carbocycles. The number of hydrogen-bond acceptors (Lipinski definition) is 4. The molecular weight excluding hydrogens is 222 g/mol. The van der Waals surface area contributed by atoms with Gasteiger partial charge in [-0.25, -0.2) is 0 Å². The molecule has 1 aromatic carbocycles. The molecule has 1 amide bonds. The van der Waals surface area contributed by atoms with Crippen molar-refractivity contribution in [2.45, 2.75) is 13.0 Å². The third-order valence-electron chi connectivity index (χ3n) is 2.06. The molecule has 0 radical (unpaired) electrons. The van der Waals surface area contributed by atoms with Crippen molar-refractivity contribution in [2.75, 3.05) is 25.1 Å². The molecule has 1 unspecified atom stereocenters. The van der Waals surface area contributed by atoms with E-state index in [0.29, 0.717) is 5.69 Å². The SMILES string of the molecule is Cc1cccc(NC(=O)COCC(O)CO)c1. The molecule has 0 bridgehead atoms. The van der Waals surface area contributed by atoms with Crippen LogP contribution in [0.15, 0.2) is 24.3 Å². The molecule has 0 aliphatic rings. The first-order valence-electron chi connectivity index (χ1n) is 5.35. The number of aryl methyl sites for hydroxylation is 1. The maximum Gasteiger partial charge on any atom is 0.250 e. The summed E-state index contributed by atoms with van der Waals surface area (Å²) in [5.74, 6) is -0.291. The number of hydrogen-bond donors (Lipinski definition) is 3. The summed E-state index contributed by atoms with van der Waals surface area (Å²) in [5.41, 5.74) is 1.76. The van der Waals surface area contributed by atoms with E-state index in [1.54, 1.807) is 6.07 Å². The number of amides is 1. The van der Waals surface area contributed by atoms with Crippen LogP contribution in [0.5, 0.6) is 0 Å². The quantitative estimate of drug-likeness (QED) is 0.667. The first-order chi connectivity index (χ1) is 8.11. The largest absolute Gasteiger partial charge is 0.394 e. The van der Waals surface area contributed by atoms with Crippen LogP contribution in [0.3, 0.4) is 0 Å². The van der Waals surface area contributed by atoms with Gasteiger partial charge in [-0.1, -0.05) is 12.1 Å². The molecule has 0 saturated heterocycles. The van der Waals surface area contributed by atoms with Gasteiger partial charge in [-0.05, 0) is 24.6 Å². The third-order valence-corrected chi connectivity index (χ3v) is 2.06. The van der Waals surface area contributed by atoms with Crippen molar-refractivity contribution in [1.29, 1.82) is 0 Å². The van der Waals surface area contributed by atoms with Gasteiger partial charge in [0.15, 0.2) is 0 Å². The first kappa shape index (κ1) is 13.6. The third kappa shape index (κ3) is 5.44. The Hall–Kier alpha value is -1.43. The number of rotatable bonds is 6. The van der Waals surface area contributed by atoms with Crippen LogP contribution in [0.4, 0.5) is 5.69 Å². The lowest BCUT2D eigenvalue weighted by Gasteiger charge is -2.09. The lowest BCUT2D eigenvalue weighted by atomic mass is 10.2. The molecule has 0 aromatic heterocycles. The predicted octanol–water partition coefficient (Wildman–Crippen LogP) is 0.303. The molecule has 0 heterocycles. The highest BCUT2D eigenvalue weighted by atomic mass is 16.5. The number of carbonyl (C=O) groups is 1. The smallest absolute Gasteiger partial charge is 0.250 e. The van der Waals surface area contributed by atoms with Gasteiger partial charge >= 0.3 is 0 Å². The summed E-state index contributed by atoms with van der Waals surface area (Å²) < 4.78 is 4.93. The zero-order valence-corrected chi connectivity index (χ0v) is 9.72. The van der Waals surface area contributed by atoms with Crippen molar-refractivity contribution in [2.24, 2.45) is 0 Å². The van der Waals surface area contributed by atoms with E-state index in [1.165, 1.54) is 0 Å². The Morgan fingerprint density at radius 2 is 2.29 bits per heavy atom. The number of ether oxygens (including phenoxy) is 1. The standard InChI is InChI=1S/C12H17NO4/c1-9-3-2-4-10(5-9)13-12(16)8-17-7-11(15)6-14/h2-5,11,14-15H,6-8H2,1H3,(H,13,16). The Bertz CT molecular complexity index is 367. The monoisotopic (exact) mass is 239 g/mol. The van der Waals surface area contributed by atoms with Crippen LogP contribution in [0.2, 0.25) is 0 Å². The van der Waals surface area contributed by atoms with Gasteiger partial charge in [0, 0.05) is 5.69 Å². The fraction of sp³-hybridized carbons (Fsp3) is 0.417. The van der Waals surface area contributed by atoms with E-state index >= 15 is 0 Å². The van der Waals surface area contributed by atoms with Gasteiger partial charge in [0.1, 0.15) is 12.7 Å². The van der Waals surface area contributed by atoms with Gasteiger partial charge in [0.25, 0.3) is 0 Å². The summed E-state index contributed by atoms with van der Waals surface area (Å²) in [6.45, 7) is 1.35. The van der Waals surface area contributed by atoms with Crippen LogP contribution in [0.1, 0.15) is 5.56 Å². The average molecular weight is 239 g/mol. The predicted molar refractivity (Wildman–Crippen MR) is 63.7 cm³/mol.